The Labute approximate surface area is 144 Å². The third-order valence-corrected chi connectivity index (χ3v) is 4.44. The molecule has 0 aliphatic carbocycles. The van der Waals surface area contributed by atoms with E-state index in [4.69, 9.17) is 0 Å². The minimum absolute atomic E-state index is 0.861. The van der Waals surface area contributed by atoms with Crippen molar-refractivity contribution in [2.45, 2.75) is 0 Å². The van der Waals surface area contributed by atoms with Crippen LogP contribution in [-0.4, -0.2) is 19.5 Å². The van der Waals surface area contributed by atoms with E-state index in [0.717, 1.165) is 16.9 Å². The Morgan fingerprint density at radius 2 is 1.36 bits per heavy atom. The third kappa shape index (κ3) is 2.19. The second-order valence-electron chi connectivity index (χ2n) is 5.90. The summed E-state index contributed by atoms with van der Waals surface area (Å²) >= 11 is 0. The summed E-state index contributed by atoms with van der Waals surface area (Å²) in [5.41, 5.74) is 5.21. The van der Waals surface area contributed by atoms with Crippen LogP contribution in [0.15, 0.2) is 85.6 Å². The highest BCUT2D eigenvalue weighted by molar-refractivity contribution is 6.09. The quantitative estimate of drug-likeness (QED) is 0.476. The molecule has 0 bridgehead atoms. The molecule has 5 rings (SSSR count). The normalized spacial score (nSPS) is 11.2. The fourth-order valence-electron chi connectivity index (χ4n) is 3.35. The van der Waals surface area contributed by atoms with Gasteiger partial charge in [-0.15, -0.1) is 0 Å². The highest BCUT2D eigenvalue weighted by Gasteiger charge is 2.12. The van der Waals surface area contributed by atoms with Gasteiger partial charge in [-0.25, -0.2) is 9.97 Å². The molecule has 3 aromatic heterocycles. The smallest absolute Gasteiger partial charge is 0.115 e. The minimum Gasteiger partial charge on any atom is -0.309 e. The van der Waals surface area contributed by atoms with Crippen molar-refractivity contribution in [3.63, 3.8) is 0 Å². The number of fused-ring (bicyclic) bond motifs is 3. The first-order chi connectivity index (χ1) is 12.4. The van der Waals surface area contributed by atoms with Gasteiger partial charge in [0.2, 0.25) is 0 Å². The van der Waals surface area contributed by atoms with E-state index in [1.165, 1.54) is 28.1 Å². The molecule has 2 aromatic carbocycles. The van der Waals surface area contributed by atoms with Crippen molar-refractivity contribution in [3.8, 4) is 16.9 Å². The van der Waals surface area contributed by atoms with Crippen LogP contribution >= 0.6 is 0 Å². The van der Waals surface area contributed by atoms with Gasteiger partial charge in [-0.05, 0) is 24.3 Å². The van der Waals surface area contributed by atoms with Crippen LogP contribution in [0, 0.1) is 0 Å². The zero-order valence-corrected chi connectivity index (χ0v) is 13.4. The molecule has 0 saturated heterocycles. The molecule has 0 aliphatic rings. The lowest BCUT2D eigenvalue weighted by Crippen LogP contribution is -1.95. The van der Waals surface area contributed by atoms with E-state index in [-0.39, 0.29) is 0 Å². The number of para-hydroxylation sites is 2. The molecular weight excluding hydrogens is 308 g/mol. The van der Waals surface area contributed by atoms with Gasteiger partial charge in [0.05, 0.1) is 16.7 Å². The molecule has 0 N–H and O–H groups in total. The summed E-state index contributed by atoms with van der Waals surface area (Å²) in [7, 11) is 0. The van der Waals surface area contributed by atoms with Crippen LogP contribution in [0.5, 0.6) is 0 Å². The van der Waals surface area contributed by atoms with Gasteiger partial charge < -0.3 is 4.57 Å². The maximum absolute atomic E-state index is 4.49. The van der Waals surface area contributed by atoms with Gasteiger partial charge in [0.25, 0.3) is 0 Å². The standard InChI is InChI=1S/C21H14N4/c1-3-7-20-17(5-1)18-6-2-4-8-21(18)25(20)16-9-10-24-19(11-16)15-12-22-14-23-13-15/h1-14H. The molecular formula is C21H14N4. The van der Waals surface area contributed by atoms with E-state index in [2.05, 4.69) is 74.1 Å². The molecule has 0 unspecified atom stereocenters. The van der Waals surface area contributed by atoms with Crippen LogP contribution in [0.3, 0.4) is 0 Å². The third-order valence-electron chi connectivity index (χ3n) is 4.44. The fourth-order valence-corrected chi connectivity index (χ4v) is 3.35. The summed E-state index contributed by atoms with van der Waals surface area (Å²) in [5, 5.41) is 2.50. The molecule has 4 nitrogen and oxygen atoms in total. The second-order valence-corrected chi connectivity index (χ2v) is 5.90. The summed E-state index contributed by atoms with van der Waals surface area (Å²) in [6.07, 6.45) is 6.93. The van der Waals surface area contributed by atoms with Crippen molar-refractivity contribution in [1.29, 1.82) is 0 Å². The first kappa shape index (κ1) is 13.9. The van der Waals surface area contributed by atoms with Gasteiger partial charge in [-0.2, -0.15) is 0 Å². The molecule has 3 heterocycles. The molecule has 0 radical (unpaired) electrons. The van der Waals surface area contributed by atoms with Crippen LogP contribution in [0.2, 0.25) is 0 Å². The Morgan fingerprint density at radius 3 is 2.04 bits per heavy atom. The van der Waals surface area contributed by atoms with Gasteiger partial charge in [0.15, 0.2) is 0 Å². The lowest BCUT2D eigenvalue weighted by Gasteiger charge is -2.09. The summed E-state index contributed by atoms with van der Waals surface area (Å²) in [5.74, 6) is 0. The first-order valence-electron chi connectivity index (χ1n) is 8.12. The van der Waals surface area contributed by atoms with Gasteiger partial charge in [0.1, 0.15) is 6.33 Å². The minimum atomic E-state index is 0.861. The van der Waals surface area contributed by atoms with Crippen LogP contribution in [0.1, 0.15) is 0 Å². The van der Waals surface area contributed by atoms with E-state index < -0.39 is 0 Å². The maximum atomic E-state index is 4.49. The second kappa shape index (κ2) is 5.53. The largest absolute Gasteiger partial charge is 0.309 e. The van der Waals surface area contributed by atoms with Crippen LogP contribution in [0.4, 0.5) is 0 Å². The summed E-state index contributed by atoms with van der Waals surface area (Å²) in [6.45, 7) is 0. The number of hydrogen-bond acceptors (Lipinski definition) is 3. The molecule has 0 aliphatic heterocycles. The average Bonchev–Trinajstić information content (AvgIpc) is 3.03. The molecule has 0 spiro atoms. The van der Waals surface area contributed by atoms with E-state index in [1.54, 1.807) is 12.4 Å². The lowest BCUT2D eigenvalue weighted by molar-refractivity contribution is 1.14. The average molecular weight is 322 g/mol. The van der Waals surface area contributed by atoms with Crippen molar-refractivity contribution >= 4 is 21.8 Å². The van der Waals surface area contributed by atoms with Crippen LogP contribution in [0.25, 0.3) is 38.8 Å². The predicted octanol–water partition coefficient (Wildman–Crippen LogP) is 4.64. The van der Waals surface area contributed by atoms with Gasteiger partial charge in [0, 0.05) is 40.6 Å². The Hall–Kier alpha value is -3.53. The van der Waals surface area contributed by atoms with E-state index in [1.807, 2.05) is 12.3 Å². The number of pyridine rings is 1. The molecule has 0 atom stereocenters. The van der Waals surface area contributed by atoms with Gasteiger partial charge in [-0.3, -0.25) is 4.98 Å². The van der Waals surface area contributed by atoms with Gasteiger partial charge >= 0.3 is 0 Å². The van der Waals surface area contributed by atoms with E-state index in [0.29, 0.717) is 0 Å². The molecule has 0 fully saturated rings. The number of rotatable bonds is 2. The van der Waals surface area contributed by atoms with Crippen molar-refractivity contribution in [1.82, 2.24) is 19.5 Å². The molecule has 118 valence electrons. The van der Waals surface area contributed by atoms with Crippen molar-refractivity contribution in [3.05, 3.63) is 85.6 Å². The Kier molecular flexibility index (Phi) is 3.07. The molecule has 4 heteroatoms. The zero-order chi connectivity index (χ0) is 16.6. The Balaban J connectivity index is 1.81. The summed E-state index contributed by atoms with van der Waals surface area (Å²) in [6, 6.07) is 21.1. The van der Waals surface area contributed by atoms with Crippen LogP contribution < -0.4 is 0 Å². The Morgan fingerprint density at radius 1 is 0.720 bits per heavy atom. The van der Waals surface area contributed by atoms with E-state index in [9.17, 15) is 0 Å². The lowest BCUT2D eigenvalue weighted by atomic mass is 10.2. The predicted molar refractivity (Wildman–Crippen MR) is 99.6 cm³/mol. The number of aromatic nitrogens is 4. The Bertz CT molecular complexity index is 1140. The number of hydrogen-bond donors (Lipinski definition) is 0. The fraction of sp³-hybridized carbons (Fsp3) is 0. The van der Waals surface area contributed by atoms with Gasteiger partial charge in [-0.1, -0.05) is 36.4 Å². The number of nitrogens with zero attached hydrogens (tertiary/aromatic N) is 4. The highest BCUT2D eigenvalue weighted by Crippen LogP contribution is 2.32. The van der Waals surface area contributed by atoms with Crippen molar-refractivity contribution < 1.29 is 0 Å². The number of benzene rings is 2. The molecule has 0 saturated carbocycles. The van der Waals surface area contributed by atoms with Crippen LogP contribution in [-0.2, 0) is 0 Å². The highest BCUT2D eigenvalue weighted by atomic mass is 15.0. The molecule has 5 aromatic rings. The van der Waals surface area contributed by atoms with Crippen molar-refractivity contribution in [2.24, 2.45) is 0 Å². The summed E-state index contributed by atoms with van der Waals surface area (Å²) < 4.78 is 2.28. The zero-order valence-electron chi connectivity index (χ0n) is 13.4. The maximum Gasteiger partial charge on any atom is 0.115 e. The first-order valence-corrected chi connectivity index (χ1v) is 8.12. The molecule has 0 amide bonds. The van der Waals surface area contributed by atoms with Crippen molar-refractivity contribution in [2.75, 3.05) is 0 Å². The molecule has 25 heavy (non-hydrogen) atoms. The topological polar surface area (TPSA) is 43.6 Å². The SMILES string of the molecule is c1ccc2c(c1)c1ccccc1n2-c1ccnc(-c2cncnc2)c1. The van der Waals surface area contributed by atoms with E-state index >= 15 is 0 Å². The monoisotopic (exact) mass is 322 g/mol. The summed E-state index contributed by atoms with van der Waals surface area (Å²) in [4.78, 5) is 12.7.